The van der Waals surface area contributed by atoms with Gasteiger partial charge in [0.2, 0.25) is 9.99 Å². The summed E-state index contributed by atoms with van der Waals surface area (Å²) in [6, 6.07) is 5.62. The maximum atomic E-state index is 13.0. The van der Waals surface area contributed by atoms with Crippen LogP contribution in [0.3, 0.4) is 0 Å². The topological polar surface area (TPSA) is 76.4 Å². The van der Waals surface area contributed by atoms with Gasteiger partial charge >= 0.3 is 0 Å². The quantitative estimate of drug-likeness (QED) is 0.767. The van der Waals surface area contributed by atoms with Gasteiger partial charge in [0, 0.05) is 5.69 Å². The van der Waals surface area contributed by atoms with Crippen molar-refractivity contribution in [3.8, 4) is 0 Å². The largest absolute Gasteiger partial charge is 0.281 e. The molecule has 2 heterocycles. The van der Waals surface area contributed by atoms with Crippen LogP contribution in [0.25, 0.3) is 4.96 Å². The number of benzene rings is 1. The highest BCUT2D eigenvalue weighted by atomic mass is 32.2. The molecule has 0 atom stereocenters. The average Bonchev–Trinajstić information content (AvgIpc) is 2.91. The minimum absolute atomic E-state index is 0.0231. The van der Waals surface area contributed by atoms with Crippen molar-refractivity contribution in [2.45, 2.75) is 45.6 Å². The lowest BCUT2D eigenvalue weighted by atomic mass is 10.1. The van der Waals surface area contributed by atoms with E-state index in [4.69, 9.17) is 0 Å². The second kappa shape index (κ2) is 5.86. The molecule has 0 unspecified atom stereocenters. The molecule has 0 aliphatic heterocycles. The fraction of sp³-hybridized carbons (Fsp3) is 0.375. The van der Waals surface area contributed by atoms with Crippen molar-refractivity contribution in [3.05, 3.63) is 40.0 Å². The van der Waals surface area contributed by atoms with Crippen molar-refractivity contribution in [2.24, 2.45) is 0 Å². The lowest BCUT2D eigenvalue weighted by molar-refractivity contribution is 0.589. The Hall–Kier alpha value is -1.93. The number of sulfonamides is 1. The molecule has 8 heteroatoms. The number of hydrogen-bond acceptors (Lipinski definition) is 5. The minimum atomic E-state index is -3.80. The van der Waals surface area contributed by atoms with Crippen molar-refractivity contribution in [2.75, 3.05) is 4.72 Å². The number of anilines is 1. The summed E-state index contributed by atoms with van der Waals surface area (Å²) in [7, 11) is -3.80. The average molecular weight is 364 g/mol. The van der Waals surface area contributed by atoms with E-state index in [1.807, 2.05) is 52.8 Å². The van der Waals surface area contributed by atoms with E-state index < -0.39 is 10.0 Å². The smallest absolute Gasteiger partial charge is 0.278 e. The maximum Gasteiger partial charge on any atom is 0.281 e. The molecule has 1 N–H and O–H groups in total. The summed E-state index contributed by atoms with van der Waals surface area (Å²) < 4.78 is 30.2. The van der Waals surface area contributed by atoms with Gasteiger partial charge in [0.25, 0.3) is 10.0 Å². The summed E-state index contributed by atoms with van der Waals surface area (Å²) in [5.74, 6) is -0.0231. The van der Waals surface area contributed by atoms with Crippen LogP contribution in [0.5, 0.6) is 0 Å². The van der Waals surface area contributed by atoms with E-state index >= 15 is 0 Å². The van der Waals surface area contributed by atoms with Crippen LogP contribution in [0.15, 0.2) is 23.2 Å². The predicted molar refractivity (Wildman–Crippen MR) is 96.4 cm³/mol. The van der Waals surface area contributed by atoms with Gasteiger partial charge in [-0.05, 0) is 49.9 Å². The van der Waals surface area contributed by atoms with Crippen LogP contribution >= 0.6 is 11.3 Å². The Morgan fingerprint density at radius 3 is 2.33 bits per heavy atom. The third kappa shape index (κ3) is 3.03. The predicted octanol–water partition coefficient (Wildman–Crippen LogP) is 3.64. The molecule has 0 fully saturated rings. The van der Waals surface area contributed by atoms with Crippen LogP contribution in [-0.2, 0) is 10.0 Å². The Morgan fingerprint density at radius 1 is 1.12 bits per heavy atom. The van der Waals surface area contributed by atoms with Crippen molar-refractivity contribution in [3.63, 3.8) is 0 Å². The van der Waals surface area contributed by atoms with Crippen LogP contribution in [0.4, 0.5) is 5.69 Å². The molecular formula is C16H20N4O2S2. The summed E-state index contributed by atoms with van der Waals surface area (Å²) in [5, 5.41) is 5.21. The Kier molecular flexibility index (Phi) is 4.13. The van der Waals surface area contributed by atoms with Crippen molar-refractivity contribution >= 4 is 32.0 Å². The van der Waals surface area contributed by atoms with Crippen LogP contribution < -0.4 is 4.72 Å². The van der Waals surface area contributed by atoms with Gasteiger partial charge in [0.1, 0.15) is 5.01 Å². The van der Waals surface area contributed by atoms with Crippen LogP contribution in [0.2, 0.25) is 0 Å². The highest BCUT2D eigenvalue weighted by Gasteiger charge is 2.29. The van der Waals surface area contributed by atoms with E-state index in [1.165, 1.54) is 15.9 Å². The standard InChI is InChI=1S/C16H20N4O2S2/c1-9(2)14-15(20-16(17-14)23-12(5)18-20)24(21,22)19-13-7-10(3)6-11(4)8-13/h6-9,19H,1-5H3. The monoisotopic (exact) mass is 364 g/mol. The fourth-order valence-corrected chi connectivity index (χ4v) is 4.95. The first-order valence-corrected chi connectivity index (χ1v) is 9.94. The van der Waals surface area contributed by atoms with Crippen molar-refractivity contribution in [1.29, 1.82) is 0 Å². The number of imidazole rings is 1. The lowest BCUT2D eigenvalue weighted by Crippen LogP contribution is -2.18. The first-order chi connectivity index (χ1) is 11.2. The highest BCUT2D eigenvalue weighted by Crippen LogP contribution is 2.29. The van der Waals surface area contributed by atoms with Gasteiger partial charge in [0.05, 0.1) is 5.69 Å². The second-order valence-electron chi connectivity index (χ2n) is 6.25. The van der Waals surface area contributed by atoms with E-state index in [1.54, 1.807) is 0 Å². The number of aryl methyl sites for hydroxylation is 3. The molecule has 1 aromatic carbocycles. The van der Waals surface area contributed by atoms with E-state index in [9.17, 15) is 8.42 Å². The molecule has 6 nitrogen and oxygen atoms in total. The van der Waals surface area contributed by atoms with Gasteiger partial charge in [-0.3, -0.25) is 4.72 Å². The molecule has 24 heavy (non-hydrogen) atoms. The molecule has 128 valence electrons. The zero-order valence-corrected chi connectivity index (χ0v) is 15.9. The number of rotatable bonds is 4. The summed E-state index contributed by atoms with van der Waals surface area (Å²) in [4.78, 5) is 5.07. The van der Waals surface area contributed by atoms with Gasteiger partial charge in [-0.15, -0.1) is 0 Å². The fourth-order valence-electron chi connectivity index (χ4n) is 2.71. The number of fused-ring (bicyclic) bond motifs is 1. The number of aromatic nitrogens is 3. The molecule has 0 radical (unpaired) electrons. The Morgan fingerprint density at radius 2 is 1.75 bits per heavy atom. The van der Waals surface area contributed by atoms with Gasteiger partial charge < -0.3 is 0 Å². The minimum Gasteiger partial charge on any atom is -0.278 e. The molecule has 3 aromatic rings. The molecular weight excluding hydrogens is 344 g/mol. The SMILES string of the molecule is Cc1cc(C)cc(NS(=O)(=O)c2c(C(C)C)nc3sc(C)nn23)c1. The van der Waals surface area contributed by atoms with E-state index in [0.717, 1.165) is 16.1 Å². The van der Waals surface area contributed by atoms with Gasteiger partial charge in [-0.1, -0.05) is 31.3 Å². The molecule has 2 aromatic heterocycles. The molecule has 0 aliphatic carbocycles. The molecule has 0 saturated carbocycles. The highest BCUT2D eigenvalue weighted by molar-refractivity contribution is 7.92. The second-order valence-corrected chi connectivity index (χ2v) is 9.01. The van der Waals surface area contributed by atoms with E-state index in [2.05, 4.69) is 14.8 Å². The number of hydrogen-bond donors (Lipinski definition) is 1. The zero-order chi connectivity index (χ0) is 17.6. The molecule has 3 rings (SSSR count). The summed E-state index contributed by atoms with van der Waals surface area (Å²) in [5.41, 5.74) is 3.08. The molecule has 0 aliphatic rings. The Bertz CT molecular complexity index is 996. The first kappa shape index (κ1) is 16.9. The summed E-state index contributed by atoms with van der Waals surface area (Å²) >= 11 is 1.38. The van der Waals surface area contributed by atoms with Gasteiger partial charge in [-0.2, -0.15) is 18.0 Å². The number of nitrogens with one attached hydrogen (secondary N) is 1. The van der Waals surface area contributed by atoms with Gasteiger partial charge in [0.15, 0.2) is 0 Å². The summed E-state index contributed by atoms with van der Waals surface area (Å²) in [6.07, 6.45) is 0. The normalized spacial score (nSPS) is 12.2. The molecule has 0 saturated heterocycles. The van der Waals surface area contributed by atoms with Gasteiger partial charge in [-0.25, -0.2) is 4.98 Å². The number of nitrogens with zero attached hydrogens (tertiary/aromatic N) is 3. The summed E-state index contributed by atoms with van der Waals surface area (Å²) in [6.45, 7) is 9.56. The Balaban J connectivity index is 2.15. The Labute approximate surface area is 145 Å². The lowest BCUT2D eigenvalue weighted by Gasteiger charge is -2.11. The molecule has 0 bridgehead atoms. The van der Waals surface area contributed by atoms with Crippen LogP contribution in [0, 0.1) is 20.8 Å². The van der Waals surface area contributed by atoms with Crippen molar-refractivity contribution in [1.82, 2.24) is 14.6 Å². The van der Waals surface area contributed by atoms with Crippen LogP contribution in [-0.4, -0.2) is 23.0 Å². The zero-order valence-electron chi connectivity index (χ0n) is 14.3. The third-order valence-corrected chi connectivity index (χ3v) is 5.78. The van der Waals surface area contributed by atoms with Crippen molar-refractivity contribution < 1.29 is 8.42 Å². The van der Waals surface area contributed by atoms with E-state index in [0.29, 0.717) is 16.3 Å². The third-order valence-electron chi connectivity index (χ3n) is 3.56. The first-order valence-electron chi connectivity index (χ1n) is 7.64. The van der Waals surface area contributed by atoms with Crippen LogP contribution in [0.1, 0.15) is 41.6 Å². The molecule has 0 spiro atoms. The maximum absolute atomic E-state index is 13.0. The van der Waals surface area contributed by atoms with E-state index in [-0.39, 0.29) is 10.9 Å². The molecule has 0 amide bonds.